The zero-order valence-corrected chi connectivity index (χ0v) is 10.6. The van der Waals surface area contributed by atoms with E-state index in [-0.39, 0.29) is 5.82 Å². The van der Waals surface area contributed by atoms with Crippen LogP contribution in [0.3, 0.4) is 0 Å². The number of halogens is 1. The number of nitrogens with one attached hydrogen (secondary N) is 1. The molecule has 0 saturated heterocycles. The monoisotopic (exact) mass is 248 g/mol. The smallest absolute Gasteiger partial charge is 0.148 e. The first-order valence-corrected chi connectivity index (χ1v) is 5.90. The number of aromatic nitrogens is 2. The van der Waals surface area contributed by atoms with Crippen LogP contribution in [0.4, 0.5) is 15.8 Å². The molecule has 0 spiro atoms. The van der Waals surface area contributed by atoms with Crippen LogP contribution in [0.15, 0.2) is 24.4 Å². The van der Waals surface area contributed by atoms with Crippen molar-refractivity contribution in [1.29, 1.82) is 0 Å². The van der Waals surface area contributed by atoms with E-state index in [9.17, 15) is 4.39 Å². The number of hydrogen-bond donors (Lipinski definition) is 2. The Morgan fingerprint density at radius 1 is 1.44 bits per heavy atom. The van der Waals surface area contributed by atoms with Crippen molar-refractivity contribution >= 4 is 11.4 Å². The molecule has 1 heterocycles. The largest absolute Gasteiger partial charge is 0.399 e. The maximum Gasteiger partial charge on any atom is 0.148 e. The number of anilines is 2. The third kappa shape index (κ3) is 2.61. The Hall–Kier alpha value is -2.04. The Kier molecular flexibility index (Phi) is 3.50. The van der Waals surface area contributed by atoms with Crippen molar-refractivity contribution < 1.29 is 4.39 Å². The highest BCUT2D eigenvalue weighted by Gasteiger charge is 2.07. The van der Waals surface area contributed by atoms with Crippen molar-refractivity contribution in [2.45, 2.75) is 19.9 Å². The van der Waals surface area contributed by atoms with Crippen LogP contribution in [0, 0.1) is 5.82 Å². The van der Waals surface area contributed by atoms with E-state index >= 15 is 0 Å². The van der Waals surface area contributed by atoms with Crippen LogP contribution in [0.5, 0.6) is 0 Å². The van der Waals surface area contributed by atoms with Crippen molar-refractivity contribution in [3.63, 3.8) is 0 Å². The molecule has 2 rings (SSSR count). The first-order valence-electron chi connectivity index (χ1n) is 5.90. The van der Waals surface area contributed by atoms with E-state index in [0.717, 1.165) is 17.7 Å². The minimum absolute atomic E-state index is 0.336. The summed E-state index contributed by atoms with van der Waals surface area (Å²) in [4.78, 5) is 0. The first-order chi connectivity index (χ1) is 8.60. The van der Waals surface area contributed by atoms with Gasteiger partial charge in [0.05, 0.1) is 11.4 Å². The van der Waals surface area contributed by atoms with Crippen molar-refractivity contribution in [3.8, 4) is 0 Å². The van der Waals surface area contributed by atoms with Crippen molar-refractivity contribution in [2.75, 3.05) is 11.1 Å². The molecule has 0 unspecified atom stereocenters. The highest BCUT2D eigenvalue weighted by atomic mass is 19.1. The summed E-state index contributed by atoms with van der Waals surface area (Å²) in [6.45, 7) is 2.60. The summed E-state index contributed by atoms with van der Waals surface area (Å²) in [6, 6.07) is 4.63. The molecule has 96 valence electrons. The molecule has 4 nitrogen and oxygen atoms in total. The fraction of sp³-hybridized carbons (Fsp3) is 0.308. The predicted octanol–water partition coefficient (Wildman–Crippen LogP) is 2.32. The van der Waals surface area contributed by atoms with Gasteiger partial charge in [-0.25, -0.2) is 4.39 Å². The maximum absolute atomic E-state index is 13.6. The van der Waals surface area contributed by atoms with Crippen LogP contribution in [-0.4, -0.2) is 9.78 Å². The molecule has 0 radical (unpaired) electrons. The van der Waals surface area contributed by atoms with Gasteiger partial charge in [-0.2, -0.15) is 5.10 Å². The molecule has 3 N–H and O–H groups in total. The molecule has 0 bridgehead atoms. The molecule has 0 atom stereocenters. The molecule has 5 heteroatoms. The quantitative estimate of drug-likeness (QED) is 0.816. The van der Waals surface area contributed by atoms with Crippen molar-refractivity contribution in [2.24, 2.45) is 7.05 Å². The van der Waals surface area contributed by atoms with Crippen LogP contribution < -0.4 is 11.1 Å². The lowest BCUT2D eigenvalue weighted by Gasteiger charge is -2.07. The second-order valence-corrected chi connectivity index (χ2v) is 4.22. The van der Waals surface area contributed by atoms with Gasteiger partial charge in [-0.05, 0) is 24.6 Å². The fourth-order valence-electron chi connectivity index (χ4n) is 1.89. The van der Waals surface area contributed by atoms with Crippen molar-refractivity contribution in [1.82, 2.24) is 9.78 Å². The number of rotatable bonds is 4. The lowest BCUT2D eigenvalue weighted by Crippen LogP contribution is -2.03. The highest BCUT2D eigenvalue weighted by Crippen LogP contribution is 2.18. The standard InChI is InChI=1S/C13H17FN4/c1-3-12-9(8-18(2)17-12)7-16-13-5-4-10(15)6-11(13)14/h4-6,8,16H,3,7,15H2,1-2H3. The van der Waals surface area contributed by atoms with Gasteiger partial charge in [0, 0.05) is 31.0 Å². The summed E-state index contributed by atoms with van der Waals surface area (Å²) in [5, 5.41) is 7.40. The van der Waals surface area contributed by atoms with E-state index in [0.29, 0.717) is 17.9 Å². The van der Waals surface area contributed by atoms with E-state index in [1.165, 1.54) is 6.07 Å². The second kappa shape index (κ2) is 5.08. The van der Waals surface area contributed by atoms with E-state index in [1.807, 2.05) is 13.2 Å². The van der Waals surface area contributed by atoms with Gasteiger partial charge >= 0.3 is 0 Å². The van der Waals surface area contributed by atoms with Gasteiger partial charge in [-0.1, -0.05) is 6.92 Å². The summed E-state index contributed by atoms with van der Waals surface area (Å²) < 4.78 is 15.4. The van der Waals surface area contributed by atoms with Gasteiger partial charge in [0.2, 0.25) is 0 Å². The van der Waals surface area contributed by atoms with Crippen LogP contribution in [-0.2, 0) is 20.0 Å². The summed E-state index contributed by atoms with van der Waals surface area (Å²) in [5.41, 5.74) is 8.49. The Balaban J connectivity index is 2.11. The molecule has 2 aromatic rings. The molecule has 0 fully saturated rings. The lowest BCUT2D eigenvalue weighted by molar-refractivity contribution is 0.630. The summed E-state index contributed by atoms with van der Waals surface area (Å²) in [7, 11) is 1.88. The topological polar surface area (TPSA) is 55.9 Å². The van der Waals surface area contributed by atoms with E-state index in [1.54, 1.807) is 16.8 Å². The average molecular weight is 248 g/mol. The molecule has 0 aliphatic rings. The number of benzene rings is 1. The van der Waals surface area contributed by atoms with Crippen LogP contribution in [0.2, 0.25) is 0 Å². The lowest BCUT2D eigenvalue weighted by atomic mass is 10.2. The Morgan fingerprint density at radius 2 is 2.22 bits per heavy atom. The van der Waals surface area contributed by atoms with Gasteiger partial charge < -0.3 is 11.1 Å². The summed E-state index contributed by atoms with van der Waals surface area (Å²) in [6.07, 6.45) is 2.81. The Bertz CT molecular complexity index is 548. The van der Waals surface area contributed by atoms with Crippen LogP contribution in [0.25, 0.3) is 0 Å². The normalized spacial score (nSPS) is 10.6. The highest BCUT2D eigenvalue weighted by molar-refractivity contribution is 5.52. The number of nitrogens with two attached hydrogens (primary N) is 1. The zero-order valence-electron chi connectivity index (χ0n) is 10.6. The van der Waals surface area contributed by atoms with E-state index < -0.39 is 0 Å². The van der Waals surface area contributed by atoms with E-state index in [2.05, 4.69) is 17.3 Å². The SMILES string of the molecule is CCc1nn(C)cc1CNc1ccc(N)cc1F. The van der Waals surface area contributed by atoms with E-state index in [4.69, 9.17) is 5.73 Å². The molecule has 0 amide bonds. The number of hydrogen-bond acceptors (Lipinski definition) is 3. The molecule has 1 aromatic heterocycles. The third-order valence-electron chi connectivity index (χ3n) is 2.79. The zero-order chi connectivity index (χ0) is 13.1. The van der Waals surface area contributed by atoms with Gasteiger partial charge in [0.1, 0.15) is 5.82 Å². The number of nitrogen functional groups attached to an aromatic ring is 1. The Morgan fingerprint density at radius 3 is 2.89 bits per heavy atom. The molecule has 0 saturated carbocycles. The molecular weight excluding hydrogens is 231 g/mol. The number of aryl methyl sites for hydroxylation is 2. The molecule has 0 aliphatic heterocycles. The average Bonchev–Trinajstić information content (AvgIpc) is 2.68. The minimum Gasteiger partial charge on any atom is -0.399 e. The Labute approximate surface area is 106 Å². The maximum atomic E-state index is 13.6. The molecular formula is C13H17FN4. The van der Waals surface area contributed by atoms with Gasteiger partial charge in [-0.15, -0.1) is 0 Å². The molecule has 18 heavy (non-hydrogen) atoms. The van der Waals surface area contributed by atoms with Gasteiger partial charge in [0.15, 0.2) is 0 Å². The van der Waals surface area contributed by atoms with Crippen LogP contribution >= 0.6 is 0 Å². The second-order valence-electron chi connectivity index (χ2n) is 4.22. The molecule has 1 aromatic carbocycles. The minimum atomic E-state index is -0.336. The fourth-order valence-corrected chi connectivity index (χ4v) is 1.89. The van der Waals surface area contributed by atoms with Crippen molar-refractivity contribution in [3.05, 3.63) is 41.5 Å². The summed E-state index contributed by atoms with van der Waals surface area (Å²) >= 11 is 0. The van der Waals surface area contributed by atoms with Crippen LogP contribution in [0.1, 0.15) is 18.2 Å². The first kappa shape index (κ1) is 12.4. The molecule has 0 aliphatic carbocycles. The number of nitrogens with zero attached hydrogens (tertiary/aromatic N) is 2. The van der Waals surface area contributed by atoms with Gasteiger partial charge in [0.25, 0.3) is 0 Å². The third-order valence-corrected chi connectivity index (χ3v) is 2.79. The van der Waals surface area contributed by atoms with Gasteiger partial charge in [-0.3, -0.25) is 4.68 Å². The predicted molar refractivity (Wildman–Crippen MR) is 70.7 cm³/mol. The summed E-state index contributed by atoms with van der Waals surface area (Å²) in [5.74, 6) is -0.336.